The maximum absolute atomic E-state index is 11.3. The van der Waals surface area contributed by atoms with E-state index in [1.54, 1.807) is 0 Å². The lowest BCUT2D eigenvalue weighted by Gasteiger charge is -2.20. The van der Waals surface area contributed by atoms with Gasteiger partial charge in [-0.25, -0.2) is 0 Å². The van der Waals surface area contributed by atoms with E-state index < -0.39 is 0 Å². The Labute approximate surface area is 96.3 Å². The summed E-state index contributed by atoms with van der Waals surface area (Å²) in [4.78, 5) is 21.8. The lowest BCUT2D eigenvalue weighted by molar-refractivity contribution is -0.151. The van der Waals surface area contributed by atoms with Gasteiger partial charge in [0.05, 0.1) is 6.61 Å². The number of cyclic esters (lactones) is 1. The lowest BCUT2D eigenvalue weighted by Crippen LogP contribution is -2.20. The third kappa shape index (κ3) is 5.73. The van der Waals surface area contributed by atoms with Crippen LogP contribution in [0.5, 0.6) is 0 Å². The van der Waals surface area contributed by atoms with Crippen LogP contribution in [0.1, 0.15) is 51.9 Å². The van der Waals surface area contributed by atoms with Crippen molar-refractivity contribution in [3.05, 3.63) is 0 Å². The molecule has 0 saturated carbocycles. The van der Waals surface area contributed by atoms with Gasteiger partial charge in [0.15, 0.2) is 0 Å². The molecule has 0 aromatic carbocycles. The first-order valence-corrected chi connectivity index (χ1v) is 6.01. The first kappa shape index (κ1) is 13.0. The van der Waals surface area contributed by atoms with Crippen LogP contribution in [0.2, 0.25) is 0 Å². The van der Waals surface area contributed by atoms with Crippen LogP contribution in [-0.2, 0) is 19.1 Å². The van der Waals surface area contributed by atoms with Gasteiger partial charge < -0.3 is 9.47 Å². The van der Waals surface area contributed by atoms with E-state index in [0.29, 0.717) is 13.0 Å². The average molecular weight is 228 g/mol. The topological polar surface area (TPSA) is 52.6 Å². The summed E-state index contributed by atoms with van der Waals surface area (Å²) in [6.45, 7) is 1.82. The molecular formula is C12H20O4. The molecule has 0 aromatic heterocycles. The Morgan fingerprint density at radius 2 is 2.25 bits per heavy atom. The normalized spacial score (nSPS) is 21.8. The van der Waals surface area contributed by atoms with Crippen molar-refractivity contribution in [1.82, 2.24) is 0 Å². The van der Waals surface area contributed by atoms with Gasteiger partial charge in [0.25, 0.3) is 0 Å². The number of carbonyl (C=O) groups is 2. The Hall–Kier alpha value is -1.06. The van der Waals surface area contributed by atoms with E-state index in [1.165, 1.54) is 6.92 Å². The van der Waals surface area contributed by atoms with Gasteiger partial charge in [0, 0.05) is 13.3 Å². The van der Waals surface area contributed by atoms with Crippen molar-refractivity contribution in [1.29, 1.82) is 0 Å². The Morgan fingerprint density at radius 1 is 1.44 bits per heavy atom. The van der Waals surface area contributed by atoms with Crippen LogP contribution >= 0.6 is 0 Å². The molecule has 0 N–H and O–H groups in total. The largest absolute Gasteiger partial charge is 0.466 e. The molecule has 1 heterocycles. The van der Waals surface area contributed by atoms with Gasteiger partial charge in [-0.15, -0.1) is 0 Å². The van der Waals surface area contributed by atoms with Crippen LogP contribution in [0.3, 0.4) is 0 Å². The van der Waals surface area contributed by atoms with Gasteiger partial charge in [-0.05, 0) is 32.1 Å². The maximum atomic E-state index is 11.3. The van der Waals surface area contributed by atoms with E-state index in [4.69, 9.17) is 9.47 Å². The van der Waals surface area contributed by atoms with E-state index in [9.17, 15) is 9.59 Å². The summed E-state index contributed by atoms with van der Waals surface area (Å²) in [6, 6.07) is 0. The average Bonchev–Trinajstić information content (AvgIpc) is 2.19. The van der Waals surface area contributed by atoms with Gasteiger partial charge in [-0.3, -0.25) is 9.59 Å². The molecule has 0 aliphatic carbocycles. The molecule has 1 rings (SSSR count). The third-order valence-electron chi connectivity index (χ3n) is 2.68. The molecule has 0 radical (unpaired) electrons. The zero-order valence-corrected chi connectivity index (χ0v) is 9.87. The maximum Gasteiger partial charge on any atom is 0.306 e. The lowest BCUT2D eigenvalue weighted by atomic mass is 10.0. The molecule has 92 valence electrons. The molecule has 4 nitrogen and oxygen atoms in total. The van der Waals surface area contributed by atoms with Gasteiger partial charge in [0.2, 0.25) is 0 Å². The summed E-state index contributed by atoms with van der Waals surface area (Å²) in [7, 11) is 0. The predicted molar refractivity (Wildman–Crippen MR) is 58.8 cm³/mol. The first-order valence-electron chi connectivity index (χ1n) is 6.01. The van der Waals surface area contributed by atoms with Crippen LogP contribution in [-0.4, -0.2) is 24.6 Å². The second kappa shape index (κ2) is 7.25. The number of rotatable bonds is 4. The standard InChI is InChI=1S/C12H20O4/c1-10(13)15-9-5-7-11-6-3-2-4-8-12(14)16-11/h11H,2-9H2,1H3. The smallest absolute Gasteiger partial charge is 0.306 e. The van der Waals surface area contributed by atoms with Crippen molar-refractivity contribution in [2.45, 2.75) is 58.0 Å². The number of carbonyl (C=O) groups excluding carboxylic acids is 2. The van der Waals surface area contributed by atoms with Crippen LogP contribution < -0.4 is 0 Å². The Balaban J connectivity index is 2.17. The Bertz CT molecular complexity index is 237. The van der Waals surface area contributed by atoms with E-state index >= 15 is 0 Å². The molecule has 1 atom stereocenters. The minimum atomic E-state index is -0.255. The molecular weight excluding hydrogens is 208 g/mol. The van der Waals surface area contributed by atoms with E-state index in [1.807, 2.05) is 0 Å². The number of hydrogen-bond acceptors (Lipinski definition) is 4. The fourth-order valence-corrected chi connectivity index (χ4v) is 1.85. The Morgan fingerprint density at radius 3 is 3.00 bits per heavy atom. The molecule has 0 spiro atoms. The summed E-state index contributed by atoms with van der Waals surface area (Å²) in [5.41, 5.74) is 0. The van der Waals surface area contributed by atoms with Crippen molar-refractivity contribution in [3.63, 3.8) is 0 Å². The monoisotopic (exact) mass is 228 g/mol. The fourth-order valence-electron chi connectivity index (χ4n) is 1.85. The van der Waals surface area contributed by atoms with Crippen molar-refractivity contribution in [3.8, 4) is 0 Å². The summed E-state index contributed by atoms with van der Waals surface area (Å²) in [6.07, 6.45) is 6.21. The van der Waals surface area contributed by atoms with Gasteiger partial charge in [0.1, 0.15) is 6.10 Å². The highest BCUT2D eigenvalue weighted by molar-refractivity contribution is 5.69. The number of hydrogen-bond donors (Lipinski definition) is 0. The van der Waals surface area contributed by atoms with Crippen LogP contribution in [0, 0.1) is 0 Å². The van der Waals surface area contributed by atoms with Gasteiger partial charge in [-0.2, -0.15) is 0 Å². The summed E-state index contributed by atoms with van der Waals surface area (Å²) in [5.74, 6) is -0.341. The minimum Gasteiger partial charge on any atom is -0.466 e. The van der Waals surface area contributed by atoms with Gasteiger partial charge in [-0.1, -0.05) is 6.42 Å². The summed E-state index contributed by atoms with van der Waals surface area (Å²) >= 11 is 0. The van der Waals surface area contributed by atoms with Gasteiger partial charge >= 0.3 is 11.9 Å². The molecule has 0 bridgehead atoms. The highest BCUT2D eigenvalue weighted by atomic mass is 16.5. The molecule has 1 unspecified atom stereocenters. The third-order valence-corrected chi connectivity index (χ3v) is 2.68. The van der Waals surface area contributed by atoms with Crippen LogP contribution in [0.15, 0.2) is 0 Å². The zero-order chi connectivity index (χ0) is 11.8. The Kier molecular flexibility index (Phi) is 5.90. The van der Waals surface area contributed by atoms with Crippen molar-refractivity contribution in [2.24, 2.45) is 0 Å². The molecule has 1 saturated heterocycles. The second-order valence-electron chi connectivity index (χ2n) is 4.19. The molecule has 1 fully saturated rings. The van der Waals surface area contributed by atoms with Crippen molar-refractivity contribution < 1.29 is 19.1 Å². The summed E-state index contributed by atoms with van der Waals surface area (Å²) < 4.78 is 10.2. The quantitative estimate of drug-likeness (QED) is 0.547. The van der Waals surface area contributed by atoms with E-state index in [-0.39, 0.29) is 18.0 Å². The summed E-state index contributed by atoms with van der Waals surface area (Å²) in [5, 5.41) is 0. The molecule has 0 aromatic rings. The minimum absolute atomic E-state index is 0.0170. The van der Waals surface area contributed by atoms with Crippen molar-refractivity contribution in [2.75, 3.05) is 6.61 Å². The molecule has 1 aliphatic rings. The highest BCUT2D eigenvalue weighted by Crippen LogP contribution is 2.17. The fraction of sp³-hybridized carbons (Fsp3) is 0.833. The van der Waals surface area contributed by atoms with Crippen molar-refractivity contribution >= 4 is 11.9 Å². The highest BCUT2D eigenvalue weighted by Gasteiger charge is 2.16. The predicted octanol–water partition coefficient (Wildman–Crippen LogP) is 2.21. The second-order valence-corrected chi connectivity index (χ2v) is 4.19. The number of esters is 2. The van der Waals surface area contributed by atoms with E-state index in [2.05, 4.69) is 0 Å². The molecule has 4 heteroatoms. The zero-order valence-electron chi connectivity index (χ0n) is 9.87. The molecule has 16 heavy (non-hydrogen) atoms. The first-order chi connectivity index (χ1) is 7.68. The molecule has 0 amide bonds. The van der Waals surface area contributed by atoms with Crippen LogP contribution in [0.4, 0.5) is 0 Å². The molecule has 1 aliphatic heterocycles. The van der Waals surface area contributed by atoms with E-state index in [0.717, 1.165) is 38.5 Å². The van der Waals surface area contributed by atoms with Crippen LogP contribution in [0.25, 0.3) is 0 Å². The SMILES string of the molecule is CC(=O)OCCCC1CCCCCC(=O)O1. The number of ether oxygens (including phenoxy) is 2.